The lowest BCUT2D eigenvalue weighted by Crippen LogP contribution is -2.43. The number of aliphatic imine (C=N–C) groups is 1. The van der Waals surface area contributed by atoms with Crippen LogP contribution in [0.25, 0.3) is 0 Å². The molecule has 0 saturated carbocycles. The number of nitrogens with zero attached hydrogens (tertiary/aromatic N) is 2. The Morgan fingerprint density at radius 1 is 1.64 bits per heavy atom. The van der Waals surface area contributed by atoms with E-state index in [0.717, 1.165) is 0 Å². The summed E-state index contributed by atoms with van der Waals surface area (Å²) in [6.07, 6.45) is 1.25. The lowest BCUT2D eigenvalue weighted by atomic mass is 10.3. The fourth-order valence-electron chi connectivity index (χ4n) is 0.779. The van der Waals surface area contributed by atoms with Gasteiger partial charge >= 0.3 is 0 Å². The highest BCUT2D eigenvalue weighted by Gasteiger charge is 2.15. The molecule has 1 heterocycles. The average molecular weight is 157 g/mol. The molecule has 0 spiro atoms. The maximum absolute atomic E-state index is 12.7. The fraction of sp³-hybridized carbons (Fsp3) is 0.571. The van der Waals surface area contributed by atoms with Crippen LogP contribution in [0.3, 0.4) is 0 Å². The number of hydrogen-bond acceptors (Lipinski definition) is 3. The lowest BCUT2D eigenvalue weighted by Gasteiger charge is -2.23. The quantitative estimate of drug-likeness (QED) is 0.560. The Balaban J connectivity index is 2.73. The minimum atomic E-state index is -0.259. The van der Waals surface area contributed by atoms with Gasteiger partial charge in [0.15, 0.2) is 5.96 Å². The molecule has 0 amide bonds. The van der Waals surface area contributed by atoms with Gasteiger partial charge in [-0.05, 0) is 6.92 Å². The smallest absolute Gasteiger partial charge is 0.198 e. The molecule has 0 aliphatic carbocycles. The van der Waals surface area contributed by atoms with Crippen LogP contribution in [0.15, 0.2) is 17.0 Å². The summed E-state index contributed by atoms with van der Waals surface area (Å²) in [5, 5.41) is 2.90. The number of nitrogens with one attached hydrogen (secondary N) is 1. The van der Waals surface area contributed by atoms with E-state index in [0.29, 0.717) is 5.96 Å². The minimum Gasteiger partial charge on any atom is -0.349 e. The van der Waals surface area contributed by atoms with Gasteiger partial charge in [0.25, 0.3) is 0 Å². The normalized spacial score (nSPS) is 23.5. The molecule has 1 unspecified atom stereocenters. The Hall–Kier alpha value is -1.06. The predicted molar refractivity (Wildman–Crippen MR) is 42.9 cm³/mol. The first-order valence-corrected chi connectivity index (χ1v) is 3.48. The third kappa shape index (κ3) is 1.69. The molecule has 1 aliphatic rings. The topological polar surface area (TPSA) is 27.6 Å². The van der Waals surface area contributed by atoms with Gasteiger partial charge in [0.1, 0.15) is 5.83 Å². The second kappa shape index (κ2) is 2.90. The molecule has 1 aliphatic heterocycles. The van der Waals surface area contributed by atoms with E-state index >= 15 is 0 Å². The molecule has 0 aromatic heterocycles. The van der Waals surface area contributed by atoms with Gasteiger partial charge in [0, 0.05) is 14.1 Å². The van der Waals surface area contributed by atoms with Crippen molar-refractivity contribution >= 4 is 5.96 Å². The lowest BCUT2D eigenvalue weighted by molar-refractivity contribution is 0.491. The third-order valence-corrected chi connectivity index (χ3v) is 1.49. The van der Waals surface area contributed by atoms with Crippen molar-refractivity contribution in [3.8, 4) is 0 Å². The van der Waals surface area contributed by atoms with Gasteiger partial charge in [-0.15, -0.1) is 0 Å². The molecular formula is C7H12FN3. The summed E-state index contributed by atoms with van der Waals surface area (Å²) in [5.74, 6) is 0.467. The monoisotopic (exact) mass is 157 g/mol. The number of halogens is 1. The van der Waals surface area contributed by atoms with Gasteiger partial charge in [-0.25, -0.2) is 9.38 Å². The van der Waals surface area contributed by atoms with Crippen LogP contribution in [0.4, 0.5) is 4.39 Å². The molecule has 62 valence electrons. The summed E-state index contributed by atoms with van der Waals surface area (Å²) in [6.45, 7) is 1.75. The summed E-state index contributed by atoms with van der Waals surface area (Å²) < 4.78 is 12.7. The van der Waals surface area contributed by atoms with E-state index in [1.807, 2.05) is 14.1 Å². The summed E-state index contributed by atoms with van der Waals surface area (Å²) >= 11 is 0. The van der Waals surface area contributed by atoms with Crippen molar-refractivity contribution in [2.24, 2.45) is 4.99 Å². The summed E-state index contributed by atoms with van der Waals surface area (Å²) in [6, 6.07) is -0.259. The van der Waals surface area contributed by atoms with Crippen molar-refractivity contribution in [1.29, 1.82) is 0 Å². The molecular weight excluding hydrogens is 145 g/mol. The van der Waals surface area contributed by atoms with Gasteiger partial charge in [0.2, 0.25) is 0 Å². The average Bonchev–Trinajstić information content (AvgIpc) is 1.94. The molecule has 3 nitrogen and oxygen atoms in total. The van der Waals surface area contributed by atoms with Crippen LogP contribution in [0.1, 0.15) is 6.92 Å². The second-order valence-corrected chi connectivity index (χ2v) is 2.73. The summed E-state index contributed by atoms with van der Waals surface area (Å²) in [4.78, 5) is 5.66. The third-order valence-electron chi connectivity index (χ3n) is 1.49. The Kier molecular flexibility index (Phi) is 2.12. The molecule has 0 saturated heterocycles. The van der Waals surface area contributed by atoms with Crippen molar-refractivity contribution in [3.63, 3.8) is 0 Å². The van der Waals surface area contributed by atoms with E-state index in [-0.39, 0.29) is 11.9 Å². The molecule has 0 fully saturated rings. The molecule has 11 heavy (non-hydrogen) atoms. The molecule has 1 N–H and O–H groups in total. The van der Waals surface area contributed by atoms with E-state index in [9.17, 15) is 4.39 Å². The number of rotatable bonds is 0. The van der Waals surface area contributed by atoms with E-state index in [2.05, 4.69) is 10.3 Å². The first-order valence-electron chi connectivity index (χ1n) is 3.48. The molecule has 0 radical (unpaired) electrons. The van der Waals surface area contributed by atoms with Crippen LogP contribution in [-0.4, -0.2) is 31.0 Å². The van der Waals surface area contributed by atoms with Gasteiger partial charge in [0.05, 0.1) is 12.2 Å². The summed E-state index contributed by atoms with van der Waals surface area (Å²) in [7, 11) is 3.71. The highest BCUT2D eigenvalue weighted by atomic mass is 19.1. The van der Waals surface area contributed by atoms with Crippen molar-refractivity contribution in [1.82, 2.24) is 10.2 Å². The van der Waals surface area contributed by atoms with Crippen LogP contribution in [0.2, 0.25) is 0 Å². The maximum Gasteiger partial charge on any atom is 0.198 e. The minimum absolute atomic E-state index is 0.226. The van der Waals surface area contributed by atoms with Gasteiger partial charge in [-0.2, -0.15) is 0 Å². The van der Waals surface area contributed by atoms with Crippen molar-refractivity contribution in [3.05, 3.63) is 12.0 Å². The number of hydrogen-bond donors (Lipinski definition) is 1. The van der Waals surface area contributed by atoms with E-state index in [1.165, 1.54) is 6.20 Å². The zero-order chi connectivity index (χ0) is 8.43. The summed E-state index contributed by atoms with van der Waals surface area (Å²) in [5.41, 5.74) is 0. The molecule has 1 rings (SSSR count). The molecule has 0 aromatic rings. The zero-order valence-electron chi connectivity index (χ0n) is 6.93. The Morgan fingerprint density at radius 3 is 2.73 bits per heavy atom. The van der Waals surface area contributed by atoms with Crippen LogP contribution >= 0.6 is 0 Å². The molecule has 4 heteroatoms. The Bertz CT molecular complexity index is 208. The van der Waals surface area contributed by atoms with E-state index < -0.39 is 0 Å². The zero-order valence-corrected chi connectivity index (χ0v) is 6.93. The van der Waals surface area contributed by atoms with Crippen molar-refractivity contribution in [2.75, 3.05) is 14.1 Å². The SMILES string of the molecule is CC1NC(N(C)C)=NC=C1F. The van der Waals surface area contributed by atoms with Crippen LogP contribution in [0, 0.1) is 0 Å². The van der Waals surface area contributed by atoms with Gasteiger partial charge < -0.3 is 10.2 Å². The highest BCUT2D eigenvalue weighted by Crippen LogP contribution is 2.08. The van der Waals surface area contributed by atoms with Crippen molar-refractivity contribution < 1.29 is 4.39 Å². The largest absolute Gasteiger partial charge is 0.349 e. The Labute approximate surface area is 65.6 Å². The first-order chi connectivity index (χ1) is 5.11. The standard InChI is InChI=1S/C7H12FN3/c1-5-6(8)4-9-7(10-5)11(2)3/h4-5H,1-3H3,(H,9,10). The molecule has 0 aromatic carbocycles. The maximum atomic E-state index is 12.7. The van der Waals surface area contributed by atoms with E-state index in [4.69, 9.17) is 0 Å². The van der Waals surface area contributed by atoms with E-state index in [1.54, 1.807) is 11.8 Å². The van der Waals surface area contributed by atoms with Gasteiger partial charge in [-0.3, -0.25) is 0 Å². The number of guanidine groups is 1. The Morgan fingerprint density at radius 2 is 2.27 bits per heavy atom. The van der Waals surface area contributed by atoms with Crippen LogP contribution in [0.5, 0.6) is 0 Å². The highest BCUT2D eigenvalue weighted by molar-refractivity contribution is 5.81. The predicted octanol–water partition coefficient (Wildman–Crippen LogP) is 0.707. The van der Waals surface area contributed by atoms with Gasteiger partial charge in [-0.1, -0.05) is 0 Å². The molecule has 0 bridgehead atoms. The molecule has 1 atom stereocenters. The first kappa shape index (κ1) is 8.04. The van der Waals surface area contributed by atoms with Crippen LogP contribution in [-0.2, 0) is 0 Å². The van der Waals surface area contributed by atoms with Crippen molar-refractivity contribution in [2.45, 2.75) is 13.0 Å². The van der Waals surface area contributed by atoms with Crippen LogP contribution < -0.4 is 5.32 Å². The second-order valence-electron chi connectivity index (χ2n) is 2.73. The fourth-order valence-corrected chi connectivity index (χ4v) is 0.779.